The van der Waals surface area contributed by atoms with Crippen LogP contribution in [0.5, 0.6) is 0 Å². The van der Waals surface area contributed by atoms with Gasteiger partial charge in [-0.05, 0) is 38.5 Å². The first-order valence-electron chi connectivity index (χ1n) is 6.59. The maximum Gasteiger partial charge on any atom is 0.407 e. The number of ether oxygens (including phenoxy) is 1. The van der Waals surface area contributed by atoms with Gasteiger partial charge in [-0.3, -0.25) is 4.79 Å². The molecule has 0 saturated heterocycles. The van der Waals surface area contributed by atoms with Crippen LogP contribution in [0, 0.1) is 11.8 Å². The Balaban J connectivity index is 2.58. The van der Waals surface area contributed by atoms with Gasteiger partial charge in [0.1, 0.15) is 5.60 Å². The molecule has 0 aromatic heterocycles. The molecule has 0 aliphatic rings. The van der Waals surface area contributed by atoms with Crippen LogP contribution >= 0.6 is 0 Å². The van der Waals surface area contributed by atoms with Gasteiger partial charge in [-0.25, -0.2) is 4.79 Å². The summed E-state index contributed by atoms with van der Waals surface area (Å²) < 4.78 is 5.15. The standard InChI is InChI=1S/C16H20N2O3/c1-16(2,3)21-15(20)18-11-13-8-4-6-12(10-13)7-5-9-14(17)19/h4,6,8,10H,9,11H2,1-3H3,(H2,17,19)(H,18,20). The first kappa shape index (κ1) is 16.6. The Morgan fingerprint density at radius 2 is 2.05 bits per heavy atom. The van der Waals surface area contributed by atoms with Crippen molar-refractivity contribution in [1.82, 2.24) is 5.32 Å². The van der Waals surface area contributed by atoms with Gasteiger partial charge < -0.3 is 15.8 Å². The summed E-state index contributed by atoms with van der Waals surface area (Å²) in [7, 11) is 0. The molecular formula is C16H20N2O3. The molecule has 1 aromatic rings. The van der Waals surface area contributed by atoms with Crippen LogP contribution in [0.15, 0.2) is 24.3 Å². The van der Waals surface area contributed by atoms with Crippen molar-refractivity contribution >= 4 is 12.0 Å². The smallest absolute Gasteiger partial charge is 0.407 e. The van der Waals surface area contributed by atoms with Crippen LogP contribution in [0.25, 0.3) is 0 Å². The third-order valence-electron chi connectivity index (χ3n) is 2.26. The molecule has 0 aliphatic carbocycles. The number of nitrogens with two attached hydrogens (primary N) is 1. The van der Waals surface area contributed by atoms with E-state index in [1.165, 1.54) is 0 Å². The number of rotatable bonds is 3. The van der Waals surface area contributed by atoms with Gasteiger partial charge in [-0.2, -0.15) is 0 Å². The Hall–Kier alpha value is -2.48. The fraction of sp³-hybridized carbons (Fsp3) is 0.375. The zero-order valence-electron chi connectivity index (χ0n) is 12.5. The predicted octanol–water partition coefficient (Wildman–Crippen LogP) is 1.94. The molecule has 1 rings (SSSR count). The van der Waals surface area contributed by atoms with Gasteiger partial charge in [0.2, 0.25) is 5.91 Å². The van der Waals surface area contributed by atoms with Gasteiger partial charge in [0.05, 0.1) is 6.42 Å². The monoisotopic (exact) mass is 288 g/mol. The van der Waals surface area contributed by atoms with Gasteiger partial charge >= 0.3 is 6.09 Å². The molecule has 5 heteroatoms. The molecule has 0 spiro atoms. The minimum absolute atomic E-state index is 0.0282. The molecule has 0 fully saturated rings. The molecule has 0 heterocycles. The van der Waals surface area contributed by atoms with Crippen LogP contribution in [0.1, 0.15) is 38.3 Å². The number of hydrogen-bond acceptors (Lipinski definition) is 3. The number of nitrogens with one attached hydrogen (secondary N) is 1. The van der Waals surface area contributed by atoms with Crippen LogP contribution in [0.3, 0.4) is 0 Å². The van der Waals surface area contributed by atoms with Gasteiger partial charge in [0.15, 0.2) is 0 Å². The Kier molecular flexibility index (Phi) is 5.79. The Bertz CT molecular complexity index is 577. The summed E-state index contributed by atoms with van der Waals surface area (Å²) in [5.74, 6) is 5.08. The molecule has 112 valence electrons. The Labute approximate surface area is 124 Å². The molecular weight excluding hydrogens is 268 g/mol. The lowest BCUT2D eigenvalue weighted by atomic mass is 10.1. The number of alkyl carbamates (subject to hydrolysis) is 1. The number of carbonyl (C=O) groups is 2. The van der Waals surface area contributed by atoms with Gasteiger partial charge in [0, 0.05) is 12.1 Å². The molecule has 0 saturated carbocycles. The van der Waals surface area contributed by atoms with Crippen LogP contribution < -0.4 is 11.1 Å². The molecule has 3 N–H and O–H groups in total. The van der Waals surface area contributed by atoms with Crippen molar-refractivity contribution < 1.29 is 14.3 Å². The Morgan fingerprint density at radius 1 is 1.33 bits per heavy atom. The normalized spacial score (nSPS) is 10.2. The highest BCUT2D eigenvalue weighted by atomic mass is 16.6. The van der Waals surface area contributed by atoms with Crippen molar-refractivity contribution in [3.63, 3.8) is 0 Å². The van der Waals surface area contributed by atoms with Crippen LogP contribution in [0.2, 0.25) is 0 Å². The fourth-order valence-corrected chi connectivity index (χ4v) is 1.48. The van der Waals surface area contributed by atoms with Crippen molar-refractivity contribution in [2.45, 2.75) is 39.3 Å². The SMILES string of the molecule is CC(C)(C)OC(=O)NCc1cccc(C#CCC(N)=O)c1. The number of hydrogen-bond donors (Lipinski definition) is 2. The van der Waals surface area contributed by atoms with Crippen molar-refractivity contribution in [2.75, 3.05) is 0 Å². The average molecular weight is 288 g/mol. The summed E-state index contributed by atoms with van der Waals surface area (Å²) in [5.41, 5.74) is 6.15. The summed E-state index contributed by atoms with van der Waals surface area (Å²) >= 11 is 0. The fourth-order valence-electron chi connectivity index (χ4n) is 1.48. The lowest BCUT2D eigenvalue weighted by Gasteiger charge is -2.19. The second-order valence-electron chi connectivity index (χ2n) is 5.50. The second-order valence-corrected chi connectivity index (χ2v) is 5.50. The van der Waals surface area contributed by atoms with E-state index in [4.69, 9.17) is 10.5 Å². The van der Waals surface area contributed by atoms with Crippen molar-refractivity contribution in [2.24, 2.45) is 5.73 Å². The van der Waals surface area contributed by atoms with Crippen molar-refractivity contribution in [3.05, 3.63) is 35.4 Å². The summed E-state index contributed by atoms with van der Waals surface area (Å²) in [5, 5.41) is 2.67. The predicted molar refractivity (Wildman–Crippen MR) is 80.2 cm³/mol. The van der Waals surface area contributed by atoms with E-state index in [0.717, 1.165) is 11.1 Å². The van der Waals surface area contributed by atoms with E-state index in [-0.39, 0.29) is 6.42 Å². The van der Waals surface area contributed by atoms with Crippen LogP contribution in [-0.4, -0.2) is 17.6 Å². The summed E-state index contributed by atoms with van der Waals surface area (Å²) in [6.45, 7) is 5.77. The van der Waals surface area contributed by atoms with E-state index in [1.54, 1.807) is 0 Å². The van der Waals surface area contributed by atoms with Crippen LogP contribution in [0.4, 0.5) is 4.79 Å². The third kappa shape index (κ3) is 7.63. The maximum atomic E-state index is 11.6. The van der Waals surface area contributed by atoms with E-state index in [1.807, 2.05) is 45.0 Å². The van der Waals surface area contributed by atoms with E-state index >= 15 is 0 Å². The highest BCUT2D eigenvalue weighted by Crippen LogP contribution is 2.08. The zero-order chi connectivity index (χ0) is 15.9. The molecule has 0 bridgehead atoms. The number of carbonyl (C=O) groups excluding carboxylic acids is 2. The lowest BCUT2D eigenvalue weighted by molar-refractivity contribution is -0.117. The molecule has 21 heavy (non-hydrogen) atoms. The quantitative estimate of drug-likeness (QED) is 0.834. The minimum Gasteiger partial charge on any atom is -0.444 e. The average Bonchev–Trinajstić information content (AvgIpc) is 2.34. The number of amides is 2. The molecule has 0 aliphatic heterocycles. The van der Waals surface area contributed by atoms with E-state index in [0.29, 0.717) is 6.54 Å². The molecule has 0 unspecified atom stereocenters. The molecule has 0 radical (unpaired) electrons. The summed E-state index contributed by atoms with van der Waals surface area (Å²) in [6, 6.07) is 7.37. The topological polar surface area (TPSA) is 81.4 Å². The van der Waals surface area contributed by atoms with E-state index < -0.39 is 17.6 Å². The molecule has 0 atom stereocenters. The third-order valence-corrected chi connectivity index (χ3v) is 2.26. The summed E-state index contributed by atoms with van der Waals surface area (Å²) in [4.78, 5) is 22.2. The van der Waals surface area contributed by atoms with Gasteiger partial charge in [-0.15, -0.1) is 0 Å². The van der Waals surface area contributed by atoms with Crippen LogP contribution in [-0.2, 0) is 16.1 Å². The van der Waals surface area contributed by atoms with Gasteiger partial charge in [0.25, 0.3) is 0 Å². The number of benzene rings is 1. The van der Waals surface area contributed by atoms with Crippen molar-refractivity contribution in [3.8, 4) is 11.8 Å². The number of primary amides is 1. The maximum absolute atomic E-state index is 11.6. The molecule has 2 amide bonds. The highest BCUT2D eigenvalue weighted by Gasteiger charge is 2.15. The van der Waals surface area contributed by atoms with E-state index in [9.17, 15) is 9.59 Å². The van der Waals surface area contributed by atoms with Gasteiger partial charge in [-0.1, -0.05) is 24.0 Å². The largest absolute Gasteiger partial charge is 0.444 e. The second kappa shape index (κ2) is 7.34. The molecule has 5 nitrogen and oxygen atoms in total. The zero-order valence-corrected chi connectivity index (χ0v) is 12.5. The van der Waals surface area contributed by atoms with E-state index in [2.05, 4.69) is 17.2 Å². The highest BCUT2D eigenvalue weighted by molar-refractivity contribution is 5.76. The summed E-state index contributed by atoms with van der Waals surface area (Å²) in [6.07, 6.45) is -0.437. The van der Waals surface area contributed by atoms with Crippen molar-refractivity contribution in [1.29, 1.82) is 0 Å². The first-order valence-corrected chi connectivity index (χ1v) is 6.59. The Morgan fingerprint density at radius 3 is 2.67 bits per heavy atom. The molecule has 1 aromatic carbocycles. The minimum atomic E-state index is -0.522. The first-order chi connectivity index (χ1) is 9.76. The lowest BCUT2D eigenvalue weighted by Crippen LogP contribution is -2.32.